The number of benzene rings is 1. The van der Waals surface area contributed by atoms with Crippen molar-refractivity contribution < 1.29 is 13.9 Å². The van der Waals surface area contributed by atoms with Crippen LogP contribution in [-0.2, 0) is 4.74 Å². The maximum atomic E-state index is 14.0. The van der Waals surface area contributed by atoms with Gasteiger partial charge in [-0.3, -0.25) is 4.90 Å². The first-order valence-electron chi connectivity index (χ1n) is 6.34. The molecule has 0 radical (unpaired) electrons. The maximum Gasteiger partial charge on any atom is 0.414 e. The first-order valence-corrected chi connectivity index (χ1v) is 6.34. The molecule has 1 atom stereocenters. The van der Waals surface area contributed by atoms with Crippen molar-refractivity contribution in [1.29, 1.82) is 0 Å². The Morgan fingerprint density at radius 2 is 2.16 bits per heavy atom. The third-order valence-corrected chi connectivity index (χ3v) is 2.96. The molecule has 0 saturated carbocycles. The van der Waals surface area contributed by atoms with E-state index in [1.54, 1.807) is 32.9 Å². The number of rotatable bonds is 0. The number of fused-ring (bicyclic) bond motifs is 1. The summed E-state index contributed by atoms with van der Waals surface area (Å²) in [6, 6.07) is 4.44. The predicted octanol–water partition coefficient (Wildman–Crippen LogP) is 2.97. The summed E-state index contributed by atoms with van der Waals surface area (Å²) in [5, 5.41) is 0. The molecule has 1 aliphatic rings. The molecule has 0 spiro atoms. The van der Waals surface area contributed by atoms with Gasteiger partial charge in [-0.05, 0) is 38.8 Å². The van der Waals surface area contributed by atoms with Gasteiger partial charge in [0.05, 0.1) is 5.69 Å². The number of hydrogen-bond acceptors (Lipinski definition) is 3. The fourth-order valence-corrected chi connectivity index (χ4v) is 2.15. The molecule has 5 heteroatoms. The van der Waals surface area contributed by atoms with E-state index in [4.69, 9.17) is 10.5 Å². The fourth-order valence-electron chi connectivity index (χ4n) is 2.15. The van der Waals surface area contributed by atoms with Crippen molar-refractivity contribution in [1.82, 2.24) is 0 Å². The fraction of sp³-hybridized carbons (Fsp3) is 0.500. The van der Waals surface area contributed by atoms with Crippen LogP contribution in [0.4, 0.5) is 14.9 Å². The zero-order valence-electron chi connectivity index (χ0n) is 11.4. The van der Waals surface area contributed by atoms with Crippen molar-refractivity contribution in [2.24, 2.45) is 5.73 Å². The molecule has 1 aromatic carbocycles. The topological polar surface area (TPSA) is 55.6 Å². The lowest BCUT2D eigenvalue weighted by Crippen LogP contribution is -2.42. The molecule has 0 saturated heterocycles. The van der Waals surface area contributed by atoms with Gasteiger partial charge in [-0.2, -0.15) is 0 Å². The van der Waals surface area contributed by atoms with Gasteiger partial charge in [-0.25, -0.2) is 9.18 Å². The third-order valence-electron chi connectivity index (χ3n) is 2.96. The largest absolute Gasteiger partial charge is 0.443 e. The number of halogens is 1. The van der Waals surface area contributed by atoms with Crippen molar-refractivity contribution in [3.8, 4) is 0 Å². The van der Waals surface area contributed by atoms with Crippen LogP contribution in [0.15, 0.2) is 18.2 Å². The lowest BCUT2D eigenvalue weighted by atomic mass is 9.97. The van der Waals surface area contributed by atoms with E-state index >= 15 is 0 Å². The molecule has 0 bridgehead atoms. The molecule has 2 rings (SSSR count). The summed E-state index contributed by atoms with van der Waals surface area (Å²) in [7, 11) is 0. The van der Waals surface area contributed by atoms with E-state index < -0.39 is 17.5 Å². The van der Waals surface area contributed by atoms with Crippen molar-refractivity contribution in [3.63, 3.8) is 0 Å². The van der Waals surface area contributed by atoms with Crippen molar-refractivity contribution in [2.45, 2.75) is 38.8 Å². The molecule has 1 unspecified atom stereocenters. The van der Waals surface area contributed by atoms with E-state index in [0.29, 0.717) is 18.5 Å². The number of hydrogen-bond donors (Lipinski definition) is 1. The van der Waals surface area contributed by atoms with E-state index in [1.165, 1.54) is 11.0 Å². The molecular weight excluding hydrogens is 247 g/mol. The Morgan fingerprint density at radius 1 is 1.47 bits per heavy atom. The third kappa shape index (κ3) is 2.87. The van der Waals surface area contributed by atoms with Crippen molar-refractivity contribution >= 4 is 11.8 Å². The van der Waals surface area contributed by atoms with Gasteiger partial charge >= 0.3 is 6.09 Å². The number of nitrogens with two attached hydrogens (primary N) is 1. The summed E-state index contributed by atoms with van der Waals surface area (Å²) in [4.78, 5) is 13.5. The van der Waals surface area contributed by atoms with Crippen LogP contribution in [0.2, 0.25) is 0 Å². The van der Waals surface area contributed by atoms with E-state index in [-0.39, 0.29) is 11.7 Å². The van der Waals surface area contributed by atoms with Crippen LogP contribution in [0.1, 0.15) is 38.8 Å². The predicted molar refractivity (Wildman–Crippen MR) is 71.5 cm³/mol. The molecule has 1 aliphatic heterocycles. The van der Waals surface area contributed by atoms with Gasteiger partial charge in [-0.1, -0.05) is 12.1 Å². The minimum absolute atomic E-state index is 0.246. The van der Waals surface area contributed by atoms with Gasteiger partial charge in [0.1, 0.15) is 11.4 Å². The van der Waals surface area contributed by atoms with Gasteiger partial charge < -0.3 is 10.5 Å². The number of ether oxygens (including phenoxy) is 1. The average Bonchev–Trinajstić information content (AvgIpc) is 2.28. The second-order valence-corrected chi connectivity index (χ2v) is 5.70. The van der Waals surface area contributed by atoms with E-state index in [2.05, 4.69) is 0 Å². The Kier molecular flexibility index (Phi) is 3.49. The minimum Gasteiger partial charge on any atom is -0.443 e. The van der Waals surface area contributed by atoms with Crippen LogP contribution in [0.25, 0.3) is 0 Å². The van der Waals surface area contributed by atoms with Crippen LogP contribution < -0.4 is 10.6 Å². The number of anilines is 1. The van der Waals surface area contributed by atoms with E-state index in [9.17, 15) is 9.18 Å². The Labute approximate surface area is 112 Å². The van der Waals surface area contributed by atoms with Crippen LogP contribution in [0.3, 0.4) is 0 Å². The Morgan fingerprint density at radius 3 is 2.79 bits per heavy atom. The quantitative estimate of drug-likeness (QED) is 0.785. The Bertz CT molecular complexity index is 497. The lowest BCUT2D eigenvalue weighted by Gasteiger charge is -2.34. The summed E-state index contributed by atoms with van der Waals surface area (Å²) in [5.74, 6) is -0.446. The summed E-state index contributed by atoms with van der Waals surface area (Å²) >= 11 is 0. The van der Waals surface area contributed by atoms with Crippen LogP contribution in [0.5, 0.6) is 0 Å². The average molecular weight is 266 g/mol. The monoisotopic (exact) mass is 266 g/mol. The smallest absolute Gasteiger partial charge is 0.414 e. The Hall–Kier alpha value is -1.62. The first-order chi connectivity index (χ1) is 8.79. The molecule has 104 valence electrons. The zero-order valence-corrected chi connectivity index (χ0v) is 11.4. The highest BCUT2D eigenvalue weighted by Gasteiger charge is 2.32. The van der Waals surface area contributed by atoms with Crippen LogP contribution in [-0.4, -0.2) is 18.2 Å². The highest BCUT2D eigenvalue weighted by Crippen LogP contribution is 2.35. The number of para-hydroxylation sites is 1. The van der Waals surface area contributed by atoms with Gasteiger partial charge in [0.25, 0.3) is 0 Å². The number of carbonyl (C=O) groups is 1. The second kappa shape index (κ2) is 4.81. The molecule has 19 heavy (non-hydrogen) atoms. The summed E-state index contributed by atoms with van der Waals surface area (Å²) in [5.41, 5.74) is 6.25. The molecule has 1 aromatic rings. The lowest BCUT2D eigenvalue weighted by molar-refractivity contribution is 0.0575. The number of carbonyl (C=O) groups excluding carboxylic acids is 1. The molecular formula is C14H19FN2O2. The summed E-state index contributed by atoms with van der Waals surface area (Å²) in [6.07, 6.45) is 0.0566. The van der Waals surface area contributed by atoms with Crippen LogP contribution in [0, 0.1) is 5.82 Å². The molecule has 1 amide bonds. The van der Waals surface area contributed by atoms with Crippen molar-refractivity contribution in [2.75, 3.05) is 11.4 Å². The second-order valence-electron chi connectivity index (χ2n) is 5.70. The van der Waals surface area contributed by atoms with Gasteiger partial charge in [-0.15, -0.1) is 0 Å². The Balaban J connectivity index is 2.36. The van der Waals surface area contributed by atoms with Gasteiger partial charge in [0.15, 0.2) is 0 Å². The SMILES string of the molecule is CC(C)(C)OC(=O)N1CCC(N)c2cccc(F)c21. The number of amides is 1. The molecule has 0 aromatic heterocycles. The van der Waals surface area contributed by atoms with Crippen molar-refractivity contribution in [3.05, 3.63) is 29.6 Å². The molecule has 0 fully saturated rings. The normalized spacial score (nSPS) is 19.0. The minimum atomic E-state index is -0.609. The summed E-state index contributed by atoms with van der Waals surface area (Å²) < 4.78 is 19.3. The standard InChI is InChI=1S/C14H19FN2O2/c1-14(2,3)19-13(18)17-8-7-11(16)9-5-4-6-10(15)12(9)17/h4-6,11H,7-8,16H2,1-3H3. The molecule has 0 aliphatic carbocycles. The molecule has 4 nitrogen and oxygen atoms in total. The number of nitrogens with zero attached hydrogens (tertiary/aromatic N) is 1. The van der Waals surface area contributed by atoms with Gasteiger partial charge in [0, 0.05) is 12.6 Å². The summed E-state index contributed by atoms with van der Waals surface area (Å²) in [6.45, 7) is 5.71. The van der Waals surface area contributed by atoms with E-state index in [1.807, 2.05) is 0 Å². The highest BCUT2D eigenvalue weighted by molar-refractivity contribution is 5.89. The zero-order chi connectivity index (χ0) is 14.2. The van der Waals surface area contributed by atoms with E-state index in [0.717, 1.165) is 0 Å². The van der Waals surface area contributed by atoms with Crippen LogP contribution >= 0.6 is 0 Å². The molecule has 1 heterocycles. The highest BCUT2D eigenvalue weighted by atomic mass is 19.1. The maximum absolute atomic E-state index is 14.0. The first kappa shape index (κ1) is 13.8. The van der Waals surface area contributed by atoms with Gasteiger partial charge in [0.2, 0.25) is 0 Å². The molecule has 2 N–H and O–H groups in total.